The number of aromatic nitrogens is 1. The number of nitrogens with zero attached hydrogens (tertiary/aromatic N) is 1. The molecule has 1 unspecified atom stereocenters. The number of nitrogens with two attached hydrogens (primary N) is 1. The van der Waals surface area contributed by atoms with E-state index in [4.69, 9.17) is 5.84 Å². The van der Waals surface area contributed by atoms with E-state index in [1.165, 1.54) is 18.3 Å². The highest BCUT2D eigenvalue weighted by Crippen LogP contribution is 2.25. The monoisotopic (exact) mass is 327 g/mol. The van der Waals surface area contributed by atoms with Crippen LogP contribution in [0, 0.1) is 11.6 Å². The summed E-state index contributed by atoms with van der Waals surface area (Å²) in [5.41, 5.74) is 3.94. The Hall–Kier alpha value is -1.37. The van der Waals surface area contributed by atoms with Crippen LogP contribution >= 0.6 is 15.9 Å². The molecule has 0 radical (unpaired) electrons. The molecule has 1 aromatic heterocycles. The van der Waals surface area contributed by atoms with Crippen LogP contribution in [0.15, 0.2) is 41.1 Å². The molecule has 3 nitrogen and oxygen atoms in total. The molecule has 2 rings (SSSR count). The maximum absolute atomic E-state index is 13.4. The Morgan fingerprint density at radius 2 is 2.11 bits per heavy atom. The molecule has 0 aliphatic carbocycles. The van der Waals surface area contributed by atoms with Gasteiger partial charge in [0.2, 0.25) is 0 Å². The number of halogens is 3. The average molecular weight is 328 g/mol. The quantitative estimate of drug-likeness (QED) is 0.670. The van der Waals surface area contributed by atoms with E-state index in [1.54, 1.807) is 12.1 Å². The van der Waals surface area contributed by atoms with Crippen molar-refractivity contribution in [3.8, 4) is 0 Å². The van der Waals surface area contributed by atoms with Gasteiger partial charge < -0.3 is 0 Å². The van der Waals surface area contributed by atoms with Crippen molar-refractivity contribution in [3.05, 3.63) is 63.9 Å². The van der Waals surface area contributed by atoms with Gasteiger partial charge in [-0.1, -0.05) is 12.1 Å². The Labute approximate surface area is 117 Å². The fourth-order valence-electron chi connectivity index (χ4n) is 1.82. The first kappa shape index (κ1) is 14.0. The summed E-state index contributed by atoms with van der Waals surface area (Å²) in [4.78, 5) is 3.78. The van der Waals surface area contributed by atoms with Crippen LogP contribution in [0.3, 0.4) is 0 Å². The molecule has 0 spiro atoms. The first-order valence-corrected chi connectivity index (χ1v) is 6.40. The van der Waals surface area contributed by atoms with Crippen molar-refractivity contribution in [2.45, 2.75) is 12.5 Å². The van der Waals surface area contributed by atoms with Gasteiger partial charge >= 0.3 is 0 Å². The topological polar surface area (TPSA) is 50.9 Å². The predicted octanol–water partition coefficient (Wildman–Crippen LogP) is 2.87. The van der Waals surface area contributed by atoms with E-state index in [1.807, 2.05) is 0 Å². The van der Waals surface area contributed by atoms with Gasteiger partial charge in [-0.05, 0) is 45.6 Å². The summed E-state index contributed by atoms with van der Waals surface area (Å²) in [5.74, 6) is 4.71. The van der Waals surface area contributed by atoms with Crippen LogP contribution in [0.1, 0.15) is 17.2 Å². The molecule has 1 aromatic carbocycles. The number of hydrogen-bond acceptors (Lipinski definition) is 3. The molecule has 19 heavy (non-hydrogen) atoms. The van der Waals surface area contributed by atoms with Crippen LogP contribution in [0.4, 0.5) is 8.78 Å². The first-order valence-electron chi connectivity index (χ1n) is 5.61. The number of pyridine rings is 1. The Balaban J connectivity index is 2.26. The van der Waals surface area contributed by atoms with Crippen molar-refractivity contribution in [1.29, 1.82) is 0 Å². The van der Waals surface area contributed by atoms with Gasteiger partial charge in [0.1, 0.15) is 11.6 Å². The maximum atomic E-state index is 13.4. The Morgan fingerprint density at radius 3 is 2.79 bits per heavy atom. The molecule has 0 saturated heterocycles. The second-order valence-electron chi connectivity index (χ2n) is 4.07. The minimum atomic E-state index is -0.434. The number of nitrogens with one attached hydrogen (secondary N) is 1. The Bertz CT molecular complexity index is 578. The van der Waals surface area contributed by atoms with Gasteiger partial charge in [0.15, 0.2) is 0 Å². The fourth-order valence-corrected chi connectivity index (χ4v) is 2.24. The lowest BCUT2D eigenvalue weighted by atomic mass is 10.0. The van der Waals surface area contributed by atoms with Gasteiger partial charge in [-0.15, -0.1) is 0 Å². The SMILES string of the molecule is NNC(Cc1cccc(F)c1Br)c1cncc(F)c1. The highest BCUT2D eigenvalue weighted by Gasteiger charge is 2.15. The van der Waals surface area contributed by atoms with Crippen LogP contribution in [-0.4, -0.2) is 4.98 Å². The summed E-state index contributed by atoms with van der Waals surface area (Å²) < 4.78 is 27.0. The molecule has 0 aliphatic heterocycles. The minimum Gasteiger partial charge on any atom is -0.271 e. The van der Waals surface area contributed by atoms with E-state index in [9.17, 15) is 8.78 Å². The van der Waals surface area contributed by atoms with Crippen molar-refractivity contribution >= 4 is 15.9 Å². The Kier molecular flexibility index (Phi) is 4.57. The van der Waals surface area contributed by atoms with Crippen molar-refractivity contribution in [2.75, 3.05) is 0 Å². The van der Waals surface area contributed by atoms with Gasteiger partial charge in [0, 0.05) is 6.20 Å². The summed E-state index contributed by atoms with van der Waals surface area (Å²) in [7, 11) is 0. The Morgan fingerprint density at radius 1 is 1.32 bits per heavy atom. The van der Waals surface area contributed by atoms with E-state index in [0.717, 1.165) is 11.8 Å². The van der Waals surface area contributed by atoms with Gasteiger partial charge in [-0.2, -0.15) is 0 Å². The van der Waals surface area contributed by atoms with Crippen LogP contribution in [0.2, 0.25) is 0 Å². The molecule has 0 bridgehead atoms. The molecule has 0 aliphatic rings. The fraction of sp³-hybridized carbons (Fsp3) is 0.154. The van der Waals surface area contributed by atoms with Crippen LogP contribution in [0.25, 0.3) is 0 Å². The predicted molar refractivity (Wildman–Crippen MR) is 72.1 cm³/mol. The van der Waals surface area contributed by atoms with Gasteiger partial charge in [0.25, 0.3) is 0 Å². The summed E-state index contributed by atoms with van der Waals surface area (Å²) in [6.07, 6.45) is 3.07. The highest BCUT2D eigenvalue weighted by molar-refractivity contribution is 9.10. The lowest BCUT2D eigenvalue weighted by Gasteiger charge is -2.17. The molecule has 0 amide bonds. The summed E-state index contributed by atoms with van der Waals surface area (Å²) in [5, 5.41) is 0. The number of benzene rings is 1. The maximum Gasteiger partial charge on any atom is 0.141 e. The molecule has 0 saturated carbocycles. The normalized spacial score (nSPS) is 12.4. The standard InChI is InChI=1S/C13H12BrF2N3/c14-13-8(2-1-3-11(13)16)5-12(19-17)9-4-10(15)7-18-6-9/h1-4,6-7,12,19H,5,17H2. The zero-order valence-corrected chi connectivity index (χ0v) is 11.5. The molecule has 100 valence electrons. The molecule has 1 atom stereocenters. The highest BCUT2D eigenvalue weighted by atomic mass is 79.9. The minimum absolute atomic E-state index is 0.342. The molecule has 1 heterocycles. The largest absolute Gasteiger partial charge is 0.271 e. The third-order valence-corrected chi connectivity index (χ3v) is 3.67. The molecule has 0 fully saturated rings. The van der Waals surface area contributed by atoms with Crippen LogP contribution < -0.4 is 11.3 Å². The van der Waals surface area contributed by atoms with Gasteiger partial charge in [-0.25, -0.2) is 8.78 Å². The third-order valence-electron chi connectivity index (χ3n) is 2.79. The van der Waals surface area contributed by atoms with Crippen LogP contribution in [0.5, 0.6) is 0 Å². The van der Waals surface area contributed by atoms with Crippen molar-refractivity contribution in [2.24, 2.45) is 5.84 Å². The van der Waals surface area contributed by atoms with E-state index < -0.39 is 5.82 Å². The third kappa shape index (κ3) is 3.34. The molecular formula is C13H12BrF2N3. The van der Waals surface area contributed by atoms with Gasteiger partial charge in [0.05, 0.1) is 16.7 Å². The van der Waals surface area contributed by atoms with E-state index in [-0.39, 0.29) is 11.9 Å². The zero-order chi connectivity index (χ0) is 13.8. The second-order valence-corrected chi connectivity index (χ2v) is 4.87. The van der Waals surface area contributed by atoms with Crippen LogP contribution in [-0.2, 0) is 6.42 Å². The van der Waals surface area contributed by atoms with E-state index in [2.05, 4.69) is 26.3 Å². The summed E-state index contributed by atoms with van der Waals surface area (Å²) in [6, 6.07) is 5.77. The average Bonchev–Trinajstić information content (AvgIpc) is 2.40. The van der Waals surface area contributed by atoms with Gasteiger partial charge in [-0.3, -0.25) is 16.3 Å². The summed E-state index contributed by atoms with van der Waals surface area (Å²) >= 11 is 3.19. The zero-order valence-electron chi connectivity index (χ0n) is 9.91. The van der Waals surface area contributed by atoms with E-state index >= 15 is 0 Å². The molecular weight excluding hydrogens is 316 g/mol. The number of hydrazine groups is 1. The molecule has 6 heteroatoms. The van der Waals surface area contributed by atoms with Crippen molar-refractivity contribution in [3.63, 3.8) is 0 Å². The molecule has 3 N–H and O–H groups in total. The van der Waals surface area contributed by atoms with E-state index in [0.29, 0.717) is 16.5 Å². The van der Waals surface area contributed by atoms with Crippen molar-refractivity contribution in [1.82, 2.24) is 10.4 Å². The summed E-state index contributed by atoms with van der Waals surface area (Å²) in [6.45, 7) is 0. The number of hydrogen-bond donors (Lipinski definition) is 2. The lowest BCUT2D eigenvalue weighted by Crippen LogP contribution is -2.29. The first-order chi connectivity index (χ1) is 9.11. The molecule has 2 aromatic rings. The second kappa shape index (κ2) is 6.18. The smallest absolute Gasteiger partial charge is 0.141 e. The number of rotatable bonds is 4. The van der Waals surface area contributed by atoms with Crippen molar-refractivity contribution < 1.29 is 8.78 Å². The lowest BCUT2D eigenvalue weighted by molar-refractivity contribution is 0.536.